The summed E-state index contributed by atoms with van der Waals surface area (Å²) in [6.07, 6.45) is 4.71. The van der Waals surface area contributed by atoms with Crippen LogP contribution in [0.1, 0.15) is 22.9 Å². The van der Waals surface area contributed by atoms with Crippen molar-refractivity contribution in [3.8, 4) is 5.75 Å². The van der Waals surface area contributed by atoms with Crippen LogP contribution in [0.3, 0.4) is 0 Å². The Labute approximate surface area is 166 Å². The van der Waals surface area contributed by atoms with Crippen molar-refractivity contribution in [3.63, 3.8) is 0 Å². The minimum absolute atomic E-state index is 0.0432. The second-order valence-corrected chi connectivity index (χ2v) is 6.50. The molecule has 3 heterocycles. The van der Waals surface area contributed by atoms with E-state index < -0.39 is 17.7 Å². The summed E-state index contributed by atoms with van der Waals surface area (Å²) in [4.78, 5) is 31.2. The van der Waals surface area contributed by atoms with E-state index in [4.69, 9.17) is 9.15 Å². The molecule has 1 atom stereocenters. The number of pyridine rings is 1. The van der Waals surface area contributed by atoms with Gasteiger partial charge >= 0.3 is 0 Å². The van der Waals surface area contributed by atoms with Crippen molar-refractivity contribution >= 4 is 17.4 Å². The smallest absolute Gasteiger partial charge is 0.296 e. The molecule has 1 aromatic carbocycles. The van der Waals surface area contributed by atoms with Crippen LogP contribution >= 0.6 is 0 Å². The van der Waals surface area contributed by atoms with E-state index in [2.05, 4.69) is 4.98 Å². The number of para-hydroxylation sites is 1. The molecule has 1 aliphatic rings. The molecule has 0 radical (unpaired) electrons. The lowest BCUT2D eigenvalue weighted by molar-refractivity contribution is -0.140. The van der Waals surface area contributed by atoms with Crippen LogP contribution in [0.2, 0.25) is 0 Å². The second kappa shape index (κ2) is 7.63. The highest BCUT2D eigenvalue weighted by atomic mass is 16.5. The number of aromatic nitrogens is 1. The average molecular weight is 390 g/mol. The normalized spacial score (nSPS) is 18.2. The molecule has 3 aromatic rings. The van der Waals surface area contributed by atoms with Crippen LogP contribution in [-0.4, -0.2) is 33.8 Å². The summed E-state index contributed by atoms with van der Waals surface area (Å²) in [5.74, 6) is -1.03. The van der Waals surface area contributed by atoms with E-state index in [0.717, 1.165) is 5.56 Å². The first-order valence-corrected chi connectivity index (χ1v) is 8.96. The molecule has 4 rings (SSSR count). The Morgan fingerprint density at radius 2 is 2.00 bits per heavy atom. The number of likely N-dealkylation sites (tertiary alicyclic amines) is 1. The van der Waals surface area contributed by atoms with E-state index in [1.54, 1.807) is 54.9 Å². The van der Waals surface area contributed by atoms with Crippen LogP contribution < -0.4 is 4.74 Å². The van der Waals surface area contributed by atoms with E-state index in [0.29, 0.717) is 17.1 Å². The molecular formula is C22H18N2O5. The number of nitrogens with zero attached hydrogens (tertiary/aromatic N) is 2. The van der Waals surface area contributed by atoms with Crippen molar-refractivity contribution in [1.29, 1.82) is 0 Å². The van der Waals surface area contributed by atoms with Gasteiger partial charge in [0.2, 0.25) is 0 Å². The maximum absolute atomic E-state index is 12.9. The minimum Gasteiger partial charge on any atom is -0.507 e. The van der Waals surface area contributed by atoms with Gasteiger partial charge < -0.3 is 19.2 Å². The summed E-state index contributed by atoms with van der Waals surface area (Å²) < 4.78 is 10.8. The van der Waals surface area contributed by atoms with Gasteiger partial charge in [0.25, 0.3) is 11.7 Å². The Balaban J connectivity index is 1.86. The number of rotatable bonds is 5. The SMILES string of the molecule is COc1ccccc1/C(O)=C1/C(=O)C(=O)N(Cc2cccnc2)C1c1ccco1. The molecule has 1 fully saturated rings. The van der Waals surface area contributed by atoms with Crippen LogP contribution in [0, 0.1) is 0 Å². The van der Waals surface area contributed by atoms with Gasteiger partial charge in [0.05, 0.1) is 24.5 Å². The highest BCUT2D eigenvalue weighted by Crippen LogP contribution is 2.41. The van der Waals surface area contributed by atoms with E-state index >= 15 is 0 Å². The molecule has 29 heavy (non-hydrogen) atoms. The van der Waals surface area contributed by atoms with Gasteiger partial charge in [0.15, 0.2) is 0 Å². The number of benzene rings is 1. The fourth-order valence-corrected chi connectivity index (χ4v) is 3.46. The molecule has 7 heteroatoms. The van der Waals surface area contributed by atoms with Crippen molar-refractivity contribution in [1.82, 2.24) is 9.88 Å². The predicted octanol–water partition coefficient (Wildman–Crippen LogP) is 3.31. The van der Waals surface area contributed by atoms with E-state index in [-0.39, 0.29) is 17.9 Å². The average Bonchev–Trinajstić information content (AvgIpc) is 3.37. The number of furan rings is 1. The van der Waals surface area contributed by atoms with Crippen LogP contribution in [0.25, 0.3) is 5.76 Å². The van der Waals surface area contributed by atoms with E-state index in [9.17, 15) is 14.7 Å². The van der Waals surface area contributed by atoms with E-state index in [1.165, 1.54) is 18.3 Å². The molecule has 2 aromatic heterocycles. The molecule has 1 amide bonds. The number of ketones is 1. The molecule has 0 spiro atoms. The Morgan fingerprint density at radius 3 is 2.69 bits per heavy atom. The maximum atomic E-state index is 12.9. The first-order chi connectivity index (χ1) is 14.1. The first-order valence-electron chi connectivity index (χ1n) is 8.96. The number of carbonyl (C=O) groups is 2. The first kappa shape index (κ1) is 18.5. The van der Waals surface area contributed by atoms with Crippen molar-refractivity contribution < 1.29 is 23.8 Å². The topological polar surface area (TPSA) is 92.9 Å². The van der Waals surface area contributed by atoms with Crippen LogP contribution in [0.4, 0.5) is 0 Å². The van der Waals surface area contributed by atoms with Gasteiger partial charge in [-0.1, -0.05) is 18.2 Å². The fraction of sp³-hybridized carbons (Fsp3) is 0.136. The van der Waals surface area contributed by atoms with Gasteiger partial charge in [-0.25, -0.2) is 0 Å². The summed E-state index contributed by atoms with van der Waals surface area (Å²) in [5, 5.41) is 11.0. The van der Waals surface area contributed by atoms with Crippen molar-refractivity contribution in [2.24, 2.45) is 0 Å². The molecule has 146 valence electrons. The standard InChI is InChI=1S/C22H18N2O5/c1-28-16-8-3-2-7-15(16)20(25)18-19(17-9-5-11-29-17)24(22(27)21(18)26)13-14-6-4-10-23-12-14/h2-12,19,25H,13H2,1H3/b20-18-. The van der Waals surface area contributed by atoms with Gasteiger partial charge in [-0.15, -0.1) is 0 Å². The maximum Gasteiger partial charge on any atom is 0.296 e. The third kappa shape index (κ3) is 3.27. The predicted molar refractivity (Wildman–Crippen MR) is 104 cm³/mol. The minimum atomic E-state index is -0.866. The highest BCUT2D eigenvalue weighted by Gasteiger charge is 2.47. The third-order valence-corrected chi connectivity index (χ3v) is 4.79. The van der Waals surface area contributed by atoms with Gasteiger partial charge in [0.1, 0.15) is 23.3 Å². The van der Waals surface area contributed by atoms with Gasteiger partial charge in [-0.05, 0) is 35.9 Å². The summed E-state index contributed by atoms with van der Waals surface area (Å²) in [6.45, 7) is 0.145. The molecule has 1 N–H and O–H groups in total. The zero-order valence-electron chi connectivity index (χ0n) is 15.6. The molecular weight excluding hydrogens is 372 g/mol. The van der Waals surface area contributed by atoms with E-state index in [1.807, 2.05) is 6.07 Å². The molecule has 7 nitrogen and oxygen atoms in total. The summed E-state index contributed by atoms with van der Waals surface area (Å²) in [5.41, 5.74) is 1.03. The molecule has 0 saturated carbocycles. The number of aliphatic hydroxyl groups excluding tert-OH is 1. The van der Waals surface area contributed by atoms with Gasteiger partial charge in [-0.3, -0.25) is 14.6 Å². The van der Waals surface area contributed by atoms with Crippen molar-refractivity contribution in [2.45, 2.75) is 12.6 Å². The lowest BCUT2D eigenvalue weighted by atomic mass is 9.98. The Kier molecular flexibility index (Phi) is 4.87. The van der Waals surface area contributed by atoms with Crippen LogP contribution in [0.5, 0.6) is 5.75 Å². The monoisotopic (exact) mass is 390 g/mol. The highest BCUT2D eigenvalue weighted by molar-refractivity contribution is 6.46. The van der Waals surface area contributed by atoms with Gasteiger partial charge in [-0.2, -0.15) is 0 Å². The van der Waals surface area contributed by atoms with Crippen LogP contribution in [0.15, 0.2) is 77.2 Å². The second-order valence-electron chi connectivity index (χ2n) is 6.50. The molecule has 1 unspecified atom stereocenters. The van der Waals surface area contributed by atoms with Crippen molar-refractivity contribution in [2.75, 3.05) is 7.11 Å². The number of hydrogen-bond acceptors (Lipinski definition) is 6. The molecule has 1 saturated heterocycles. The summed E-state index contributed by atoms with van der Waals surface area (Å²) in [7, 11) is 1.47. The zero-order chi connectivity index (χ0) is 20.4. The largest absolute Gasteiger partial charge is 0.507 e. The number of aliphatic hydroxyl groups is 1. The van der Waals surface area contributed by atoms with Crippen LogP contribution in [-0.2, 0) is 16.1 Å². The van der Waals surface area contributed by atoms with Crippen molar-refractivity contribution in [3.05, 3.63) is 89.6 Å². The Bertz CT molecular complexity index is 1070. The molecule has 0 aliphatic carbocycles. The Hall–Kier alpha value is -3.87. The summed E-state index contributed by atoms with van der Waals surface area (Å²) >= 11 is 0. The number of hydrogen-bond donors (Lipinski definition) is 1. The quantitative estimate of drug-likeness (QED) is 0.408. The lowest BCUT2D eigenvalue weighted by Gasteiger charge is -2.23. The number of carbonyl (C=O) groups excluding carboxylic acids is 2. The summed E-state index contributed by atoms with van der Waals surface area (Å²) in [6, 6.07) is 12.8. The Morgan fingerprint density at radius 1 is 1.17 bits per heavy atom. The number of Topliss-reactive ketones (excluding diaryl/α,β-unsaturated/α-hetero) is 1. The molecule has 0 bridgehead atoms. The molecule has 1 aliphatic heterocycles. The number of ether oxygens (including phenoxy) is 1. The number of methoxy groups -OCH3 is 1. The number of amides is 1. The lowest BCUT2D eigenvalue weighted by Crippen LogP contribution is -2.29. The third-order valence-electron chi connectivity index (χ3n) is 4.79. The fourth-order valence-electron chi connectivity index (χ4n) is 3.46. The van der Waals surface area contributed by atoms with Gasteiger partial charge in [0, 0.05) is 18.9 Å². The zero-order valence-corrected chi connectivity index (χ0v) is 15.6.